The van der Waals surface area contributed by atoms with Crippen LogP contribution in [0.25, 0.3) is 0 Å². The van der Waals surface area contributed by atoms with Crippen molar-refractivity contribution in [2.45, 2.75) is 59.5 Å². The summed E-state index contributed by atoms with van der Waals surface area (Å²) >= 11 is 0. The normalized spacial score (nSPS) is 18.1. The van der Waals surface area contributed by atoms with Gasteiger partial charge in [0, 0.05) is 12.6 Å². The number of nitrogens with zero attached hydrogens (tertiary/aromatic N) is 2. The van der Waals surface area contributed by atoms with Crippen LogP contribution in [-0.4, -0.2) is 43.1 Å². The lowest BCUT2D eigenvalue weighted by molar-refractivity contribution is 0.219. The number of hydrogen-bond donors (Lipinski definition) is 2. The van der Waals surface area contributed by atoms with Crippen LogP contribution in [0.1, 0.15) is 58.1 Å². The predicted octanol–water partition coefficient (Wildman–Crippen LogP) is 3.94. The second-order valence-corrected chi connectivity index (χ2v) is 7.10. The van der Waals surface area contributed by atoms with Gasteiger partial charge >= 0.3 is 0 Å². The van der Waals surface area contributed by atoms with Crippen LogP contribution in [-0.2, 0) is 0 Å². The second-order valence-electron chi connectivity index (χ2n) is 7.10. The monoisotopic (exact) mass is 462 g/mol. The van der Waals surface area contributed by atoms with Crippen molar-refractivity contribution in [1.29, 1.82) is 0 Å². The highest BCUT2D eigenvalue weighted by molar-refractivity contribution is 14.0. The van der Waals surface area contributed by atoms with Gasteiger partial charge in [0.15, 0.2) is 5.96 Å². The maximum absolute atomic E-state index is 5.92. The molecule has 0 radical (unpaired) electrons. The smallest absolute Gasteiger partial charge is 0.191 e. The number of aliphatic imine (C=N–C) groups is 1. The van der Waals surface area contributed by atoms with Gasteiger partial charge < -0.3 is 15.1 Å². The first kappa shape index (κ1) is 22.3. The highest BCUT2D eigenvalue weighted by Gasteiger charge is 2.26. The third kappa shape index (κ3) is 6.81. The number of halogens is 1. The molecule has 0 saturated carbocycles. The molecule has 0 amide bonds. The molecule has 2 rings (SSSR count). The Morgan fingerprint density at radius 1 is 1.24 bits per heavy atom. The topological polar surface area (TPSA) is 52.8 Å². The van der Waals surface area contributed by atoms with E-state index in [0.717, 1.165) is 37.1 Å². The summed E-state index contributed by atoms with van der Waals surface area (Å²) in [6.07, 6.45) is 2.53. The average molecular weight is 462 g/mol. The van der Waals surface area contributed by atoms with Crippen LogP contribution < -0.4 is 10.6 Å². The molecule has 1 aliphatic heterocycles. The molecule has 2 heterocycles. The summed E-state index contributed by atoms with van der Waals surface area (Å²) < 4.78 is 5.92. The van der Waals surface area contributed by atoms with E-state index in [1.807, 2.05) is 13.0 Å². The van der Waals surface area contributed by atoms with E-state index >= 15 is 0 Å². The van der Waals surface area contributed by atoms with E-state index in [1.165, 1.54) is 12.8 Å². The minimum Gasteiger partial charge on any atom is -0.465 e. The molecule has 2 unspecified atom stereocenters. The van der Waals surface area contributed by atoms with E-state index < -0.39 is 0 Å². The Hall–Kier alpha value is -0.760. The minimum absolute atomic E-state index is 0. The van der Waals surface area contributed by atoms with Crippen LogP contribution in [0.15, 0.2) is 21.5 Å². The van der Waals surface area contributed by atoms with Gasteiger partial charge in [0.25, 0.3) is 0 Å². The van der Waals surface area contributed by atoms with Gasteiger partial charge in [-0.3, -0.25) is 9.89 Å². The Balaban J connectivity index is 0.00000312. The molecule has 1 aromatic rings. The van der Waals surface area contributed by atoms with Crippen LogP contribution in [0.3, 0.4) is 0 Å². The SMILES string of the molecule is CCNC(=NCC(c1ccc(C)o1)N1CCCC1)NC(C)C(C)C.I. The van der Waals surface area contributed by atoms with E-state index in [0.29, 0.717) is 18.5 Å². The number of likely N-dealkylation sites (tertiary alicyclic amines) is 1. The second kappa shape index (κ2) is 11.1. The standard InChI is InChI=1S/C19H34N4O.HI/c1-6-20-19(22-16(5)14(2)3)21-13-17(23-11-7-8-12-23)18-10-9-15(4)24-18;/h9-10,14,16-17H,6-8,11-13H2,1-5H3,(H2,20,21,22);1H. The maximum Gasteiger partial charge on any atom is 0.191 e. The zero-order valence-electron chi connectivity index (χ0n) is 16.3. The summed E-state index contributed by atoms with van der Waals surface area (Å²) in [4.78, 5) is 7.36. The van der Waals surface area contributed by atoms with Gasteiger partial charge in [0.2, 0.25) is 0 Å². The lowest BCUT2D eigenvalue weighted by Gasteiger charge is -2.25. The fourth-order valence-electron chi connectivity index (χ4n) is 2.95. The highest BCUT2D eigenvalue weighted by Crippen LogP contribution is 2.26. The van der Waals surface area contributed by atoms with Crippen LogP contribution in [0.5, 0.6) is 0 Å². The third-order valence-corrected chi connectivity index (χ3v) is 4.80. The van der Waals surface area contributed by atoms with Crippen molar-refractivity contribution < 1.29 is 4.42 Å². The summed E-state index contributed by atoms with van der Waals surface area (Å²) in [6.45, 7) is 14.6. The van der Waals surface area contributed by atoms with Gasteiger partial charge in [-0.15, -0.1) is 24.0 Å². The number of nitrogens with one attached hydrogen (secondary N) is 2. The van der Waals surface area contributed by atoms with Crippen LogP contribution in [0.4, 0.5) is 0 Å². The zero-order chi connectivity index (χ0) is 17.5. The summed E-state index contributed by atoms with van der Waals surface area (Å²) in [5.41, 5.74) is 0. The van der Waals surface area contributed by atoms with Crippen LogP contribution >= 0.6 is 24.0 Å². The first-order valence-corrected chi connectivity index (χ1v) is 9.36. The minimum atomic E-state index is 0. The van der Waals surface area contributed by atoms with Crippen molar-refractivity contribution >= 4 is 29.9 Å². The van der Waals surface area contributed by atoms with E-state index in [-0.39, 0.29) is 30.0 Å². The number of rotatable bonds is 7. The average Bonchev–Trinajstić information content (AvgIpc) is 3.20. The molecule has 0 aliphatic carbocycles. The molecule has 0 spiro atoms. The summed E-state index contributed by atoms with van der Waals surface area (Å²) in [5, 5.41) is 6.87. The van der Waals surface area contributed by atoms with E-state index in [2.05, 4.69) is 49.3 Å². The molecule has 1 saturated heterocycles. The Bertz CT molecular complexity index is 523. The molecule has 25 heavy (non-hydrogen) atoms. The Kier molecular flexibility index (Phi) is 9.86. The molecular weight excluding hydrogens is 427 g/mol. The van der Waals surface area contributed by atoms with Crippen molar-refractivity contribution in [3.63, 3.8) is 0 Å². The van der Waals surface area contributed by atoms with Gasteiger partial charge in [-0.05, 0) is 64.8 Å². The van der Waals surface area contributed by atoms with Gasteiger partial charge in [0.05, 0.1) is 12.6 Å². The van der Waals surface area contributed by atoms with Gasteiger partial charge in [-0.2, -0.15) is 0 Å². The molecule has 1 fully saturated rings. The molecule has 1 aromatic heterocycles. The van der Waals surface area contributed by atoms with Crippen LogP contribution in [0, 0.1) is 12.8 Å². The molecule has 0 aromatic carbocycles. The van der Waals surface area contributed by atoms with Crippen molar-refractivity contribution in [2.75, 3.05) is 26.2 Å². The summed E-state index contributed by atoms with van der Waals surface area (Å²) in [5.74, 6) is 3.46. The number of guanidine groups is 1. The molecule has 144 valence electrons. The first-order chi connectivity index (χ1) is 11.5. The highest BCUT2D eigenvalue weighted by atomic mass is 127. The Morgan fingerprint density at radius 2 is 1.92 bits per heavy atom. The first-order valence-electron chi connectivity index (χ1n) is 9.36. The quantitative estimate of drug-likeness (QED) is 0.366. The lowest BCUT2D eigenvalue weighted by Crippen LogP contribution is -2.44. The molecule has 0 bridgehead atoms. The van der Waals surface area contributed by atoms with E-state index in [1.54, 1.807) is 0 Å². The molecule has 5 nitrogen and oxygen atoms in total. The van der Waals surface area contributed by atoms with E-state index in [4.69, 9.17) is 9.41 Å². The predicted molar refractivity (Wildman–Crippen MR) is 116 cm³/mol. The molecule has 2 N–H and O–H groups in total. The molecule has 1 aliphatic rings. The van der Waals surface area contributed by atoms with Crippen molar-refractivity contribution in [3.8, 4) is 0 Å². The van der Waals surface area contributed by atoms with Crippen molar-refractivity contribution in [2.24, 2.45) is 10.9 Å². The lowest BCUT2D eigenvalue weighted by atomic mass is 10.1. The number of aryl methyl sites for hydroxylation is 1. The Morgan fingerprint density at radius 3 is 2.44 bits per heavy atom. The zero-order valence-corrected chi connectivity index (χ0v) is 18.7. The van der Waals surface area contributed by atoms with Gasteiger partial charge in [-0.1, -0.05) is 13.8 Å². The van der Waals surface area contributed by atoms with Crippen molar-refractivity contribution in [1.82, 2.24) is 15.5 Å². The number of furan rings is 1. The molecule has 2 atom stereocenters. The Labute approximate surface area is 170 Å². The maximum atomic E-state index is 5.92. The fourth-order valence-corrected chi connectivity index (χ4v) is 2.95. The largest absolute Gasteiger partial charge is 0.465 e. The third-order valence-electron chi connectivity index (χ3n) is 4.80. The van der Waals surface area contributed by atoms with Crippen LogP contribution in [0.2, 0.25) is 0 Å². The van der Waals surface area contributed by atoms with E-state index in [9.17, 15) is 0 Å². The molecule has 6 heteroatoms. The number of hydrogen-bond acceptors (Lipinski definition) is 3. The molecular formula is C19H35IN4O. The van der Waals surface area contributed by atoms with Crippen molar-refractivity contribution in [3.05, 3.63) is 23.7 Å². The summed E-state index contributed by atoms with van der Waals surface area (Å²) in [6, 6.07) is 4.77. The van der Waals surface area contributed by atoms with Gasteiger partial charge in [0.1, 0.15) is 11.5 Å². The van der Waals surface area contributed by atoms with Gasteiger partial charge in [-0.25, -0.2) is 0 Å². The fraction of sp³-hybridized carbons (Fsp3) is 0.737. The summed E-state index contributed by atoms with van der Waals surface area (Å²) in [7, 11) is 0.